The van der Waals surface area contributed by atoms with Gasteiger partial charge in [-0.05, 0) is 30.7 Å². The number of carbonyl (C=O) groups is 1. The normalized spacial score (nSPS) is 12.3. The summed E-state index contributed by atoms with van der Waals surface area (Å²) < 4.78 is 1.79. The van der Waals surface area contributed by atoms with Gasteiger partial charge < -0.3 is 10.8 Å². The minimum atomic E-state index is -0.902. The molecule has 1 aromatic heterocycles. The first-order valence-corrected chi connectivity index (χ1v) is 5.67. The summed E-state index contributed by atoms with van der Waals surface area (Å²) in [6, 6.07) is 9.17. The quantitative estimate of drug-likeness (QED) is 0.850. The Morgan fingerprint density at radius 3 is 2.50 bits per heavy atom. The number of hydrogen-bond donors (Lipinski definition) is 2. The van der Waals surface area contributed by atoms with Crippen LogP contribution in [0.3, 0.4) is 0 Å². The largest absolute Gasteiger partial charge is 0.481 e. The predicted octanol–water partition coefficient (Wildman–Crippen LogP) is 1.31. The summed E-state index contributed by atoms with van der Waals surface area (Å²) in [4.78, 5) is 11.0. The summed E-state index contributed by atoms with van der Waals surface area (Å²) in [5.41, 5.74) is 8.10. The van der Waals surface area contributed by atoms with E-state index in [1.807, 2.05) is 25.1 Å². The molecule has 5 heteroatoms. The highest BCUT2D eigenvalue weighted by Gasteiger charge is 2.17. The van der Waals surface area contributed by atoms with Crippen LogP contribution in [0.1, 0.15) is 17.2 Å². The smallest absolute Gasteiger partial charge is 0.312 e. The molecule has 1 aromatic carbocycles. The maximum Gasteiger partial charge on any atom is 0.312 e. The molecule has 0 fully saturated rings. The fourth-order valence-corrected chi connectivity index (χ4v) is 1.87. The number of nitrogens with zero attached hydrogens (tertiary/aromatic N) is 2. The molecule has 0 amide bonds. The average molecular weight is 245 g/mol. The summed E-state index contributed by atoms with van der Waals surface area (Å²) >= 11 is 0. The summed E-state index contributed by atoms with van der Waals surface area (Å²) in [5, 5.41) is 13.2. The molecule has 0 saturated carbocycles. The Balaban J connectivity index is 2.31. The van der Waals surface area contributed by atoms with Crippen LogP contribution in [0.2, 0.25) is 0 Å². The Bertz CT molecular complexity index is 546. The van der Waals surface area contributed by atoms with Gasteiger partial charge in [0.2, 0.25) is 0 Å². The molecule has 18 heavy (non-hydrogen) atoms. The van der Waals surface area contributed by atoms with Crippen LogP contribution in [-0.4, -0.2) is 27.4 Å². The molecule has 5 nitrogen and oxygen atoms in total. The van der Waals surface area contributed by atoms with Gasteiger partial charge in [-0.3, -0.25) is 4.79 Å². The predicted molar refractivity (Wildman–Crippen MR) is 67.7 cm³/mol. The van der Waals surface area contributed by atoms with Crippen LogP contribution < -0.4 is 5.73 Å². The molecule has 3 N–H and O–H groups in total. The number of benzene rings is 1. The molecule has 0 aliphatic heterocycles. The fourth-order valence-electron chi connectivity index (χ4n) is 1.87. The van der Waals surface area contributed by atoms with Crippen molar-refractivity contribution in [1.29, 1.82) is 0 Å². The third-order valence-corrected chi connectivity index (χ3v) is 2.91. The van der Waals surface area contributed by atoms with Gasteiger partial charge in [0, 0.05) is 18.4 Å². The topological polar surface area (TPSA) is 81.1 Å². The van der Waals surface area contributed by atoms with E-state index in [1.54, 1.807) is 23.0 Å². The highest BCUT2D eigenvalue weighted by atomic mass is 16.4. The zero-order chi connectivity index (χ0) is 13.1. The van der Waals surface area contributed by atoms with Gasteiger partial charge in [0.15, 0.2) is 0 Å². The molecular weight excluding hydrogens is 230 g/mol. The lowest BCUT2D eigenvalue weighted by Gasteiger charge is -2.11. The van der Waals surface area contributed by atoms with E-state index in [4.69, 9.17) is 10.8 Å². The number of nitrogens with two attached hydrogens (primary N) is 1. The SMILES string of the molecule is Cc1ccnn1-c1ccc(C(CN)C(=O)O)cc1. The third-order valence-electron chi connectivity index (χ3n) is 2.91. The van der Waals surface area contributed by atoms with Crippen molar-refractivity contribution in [3.05, 3.63) is 47.8 Å². The number of carboxylic acid groups (broad SMARTS) is 1. The van der Waals surface area contributed by atoms with E-state index in [9.17, 15) is 4.79 Å². The van der Waals surface area contributed by atoms with Gasteiger partial charge >= 0.3 is 5.97 Å². The first-order chi connectivity index (χ1) is 8.63. The number of aryl methyl sites for hydroxylation is 1. The Labute approximate surface area is 105 Å². The highest BCUT2D eigenvalue weighted by Crippen LogP contribution is 2.18. The van der Waals surface area contributed by atoms with Crippen molar-refractivity contribution in [2.24, 2.45) is 5.73 Å². The van der Waals surface area contributed by atoms with Crippen molar-refractivity contribution in [2.75, 3.05) is 6.54 Å². The molecule has 0 spiro atoms. The van der Waals surface area contributed by atoms with Crippen LogP contribution >= 0.6 is 0 Å². The maximum atomic E-state index is 11.0. The highest BCUT2D eigenvalue weighted by molar-refractivity contribution is 5.76. The van der Waals surface area contributed by atoms with Crippen molar-refractivity contribution < 1.29 is 9.90 Å². The molecule has 1 atom stereocenters. The number of rotatable bonds is 4. The van der Waals surface area contributed by atoms with Crippen LogP contribution in [0, 0.1) is 6.92 Å². The first-order valence-electron chi connectivity index (χ1n) is 5.67. The van der Waals surface area contributed by atoms with Gasteiger partial charge in [-0.25, -0.2) is 4.68 Å². The lowest BCUT2D eigenvalue weighted by molar-refractivity contribution is -0.138. The number of hydrogen-bond acceptors (Lipinski definition) is 3. The zero-order valence-electron chi connectivity index (χ0n) is 10.1. The van der Waals surface area contributed by atoms with E-state index in [1.165, 1.54) is 0 Å². The van der Waals surface area contributed by atoms with Crippen molar-refractivity contribution in [3.63, 3.8) is 0 Å². The van der Waals surface area contributed by atoms with Crippen LogP contribution in [0.5, 0.6) is 0 Å². The monoisotopic (exact) mass is 245 g/mol. The second kappa shape index (κ2) is 5.01. The first kappa shape index (κ1) is 12.3. The Hall–Kier alpha value is -2.14. The molecule has 1 heterocycles. The van der Waals surface area contributed by atoms with Crippen LogP contribution in [0.15, 0.2) is 36.5 Å². The van der Waals surface area contributed by atoms with Crippen LogP contribution in [-0.2, 0) is 4.79 Å². The van der Waals surface area contributed by atoms with E-state index in [0.29, 0.717) is 5.56 Å². The van der Waals surface area contributed by atoms with Gasteiger partial charge in [-0.2, -0.15) is 5.10 Å². The molecule has 0 aliphatic rings. The van der Waals surface area contributed by atoms with Crippen LogP contribution in [0.25, 0.3) is 5.69 Å². The molecule has 0 radical (unpaired) electrons. The fraction of sp³-hybridized carbons (Fsp3) is 0.231. The average Bonchev–Trinajstić information content (AvgIpc) is 2.77. The zero-order valence-corrected chi connectivity index (χ0v) is 10.1. The molecule has 0 aliphatic carbocycles. The lowest BCUT2D eigenvalue weighted by atomic mass is 9.99. The molecule has 1 unspecified atom stereocenters. The Morgan fingerprint density at radius 1 is 1.39 bits per heavy atom. The molecule has 0 saturated heterocycles. The van der Waals surface area contributed by atoms with Gasteiger partial charge in [-0.15, -0.1) is 0 Å². The molecule has 2 aromatic rings. The minimum Gasteiger partial charge on any atom is -0.481 e. The second-order valence-electron chi connectivity index (χ2n) is 4.10. The maximum absolute atomic E-state index is 11.0. The van der Waals surface area contributed by atoms with E-state index >= 15 is 0 Å². The van der Waals surface area contributed by atoms with E-state index < -0.39 is 11.9 Å². The van der Waals surface area contributed by atoms with Crippen molar-refractivity contribution >= 4 is 5.97 Å². The number of carboxylic acids is 1. The van der Waals surface area contributed by atoms with E-state index in [2.05, 4.69) is 5.10 Å². The Morgan fingerprint density at radius 2 is 2.06 bits per heavy atom. The van der Waals surface area contributed by atoms with Crippen LogP contribution in [0.4, 0.5) is 0 Å². The summed E-state index contributed by atoms with van der Waals surface area (Å²) in [5.74, 6) is -1.56. The summed E-state index contributed by atoms with van der Waals surface area (Å²) in [6.07, 6.45) is 1.73. The second-order valence-corrected chi connectivity index (χ2v) is 4.10. The summed E-state index contributed by atoms with van der Waals surface area (Å²) in [7, 11) is 0. The Kier molecular flexibility index (Phi) is 3.43. The molecule has 0 bridgehead atoms. The number of aromatic nitrogens is 2. The van der Waals surface area contributed by atoms with Gasteiger partial charge in [-0.1, -0.05) is 12.1 Å². The van der Waals surface area contributed by atoms with E-state index in [-0.39, 0.29) is 6.54 Å². The van der Waals surface area contributed by atoms with Crippen molar-refractivity contribution in [1.82, 2.24) is 9.78 Å². The van der Waals surface area contributed by atoms with Crippen molar-refractivity contribution in [2.45, 2.75) is 12.8 Å². The van der Waals surface area contributed by atoms with E-state index in [0.717, 1.165) is 11.4 Å². The standard InChI is InChI=1S/C13H15N3O2/c1-9-6-7-15-16(9)11-4-2-10(3-5-11)12(8-14)13(17)18/h2-7,12H,8,14H2,1H3,(H,17,18). The molecule has 2 rings (SSSR count). The van der Waals surface area contributed by atoms with Gasteiger partial charge in [0.25, 0.3) is 0 Å². The van der Waals surface area contributed by atoms with Crippen molar-refractivity contribution in [3.8, 4) is 5.69 Å². The summed E-state index contributed by atoms with van der Waals surface area (Å²) in [6.45, 7) is 2.05. The van der Waals surface area contributed by atoms with Gasteiger partial charge in [0.05, 0.1) is 11.6 Å². The minimum absolute atomic E-state index is 0.0927. The third kappa shape index (κ3) is 2.26. The lowest BCUT2D eigenvalue weighted by Crippen LogP contribution is -2.21. The van der Waals surface area contributed by atoms with Gasteiger partial charge in [0.1, 0.15) is 0 Å². The number of aliphatic carboxylic acids is 1. The molecule has 94 valence electrons. The molecular formula is C13H15N3O2.